The minimum absolute atomic E-state index is 0.484. The highest BCUT2D eigenvalue weighted by atomic mass is 16.5. The number of likely N-dealkylation sites (N-methyl/N-ethyl adjacent to an activating group) is 1. The van der Waals surface area contributed by atoms with E-state index in [1.807, 2.05) is 0 Å². The van der Waals surface area contributed by atoms with Crippen LogP contribution in [0.5, 0.6) is 0 Å². The highest BCUT2D eigenvalue weighted by Crippen LogP contribution is 2.10. The third kappa shape index (κ3) is 3.72. The van der Waals surface area contributed by atoms with Crippen molar-refractivity contribution in [2.24, 2.45) is 0 Å². The van der Waals surface area contributed by atoms with E-state index in [1.54, 1.807) is 0 Å². The van der Waals surface area contributed by atoms with Crippen molar-refractivity contribution in [3.63, 3.8) is 0 Å². The summed E-state index contributed by atoms with van der Waals surface area (Å²) in [5, 5.41) is 3.36. The van der Waals surface area contributed by atoms with E-state index in [2.05, 4.69) is 22.2 Å². The summed E-state index contributed by atoms with van der Waals surface area (Å²) in [5.74, 6) is 0. The predicted molar refractivity (Wildman–Crippen MR) is 61.2 cm³/mol. The number of rotatable bonds is 4. The second kappa shape index (κ2) is 5.80. The van der Waals surface area contributed by atoms with Crippen molar-refractivity contribution in [1.82, 2.24) is 15.1 Å². The summed E-state index contributed by atoms with van der Waals surface area (Å²) in [4.78, 5) is 4.82. The Balaban J connectivity index is 1.54. The van der Waals surface area contributed by atoms with Gasteiger partial charge in [-0.05, 0) is 13.5 Å². The number of hydrogen-bond acceptors (Lipinski definition) is 4. The molecule has 15 heavy (non-hydrogen) atoms. The highest BCUT2D eigenvalue weighted by Gasteiger charge is 2.19. The van der Waals surface area contributed by atoms with Gasteiger partial charge in [0.05, 0.1) is 12.7 Å². The molecule has 0 radical (unpaired) electrons. The Labute approximate surface area is 92.6 Å². The van der Waals surface area contributed by atoms with E-state index in [4.69, 9.17) is 4.74 Å². The lowest BCUT2D eigenvalue weighted by Gasteiger charge is -2.27. The van der Waals surface area contributed by atoms with Crippen LogP contribution in [0, 0.1) is 0 Å². The summed E-state index contributed by atoms with van der Waals surface area (Å²) in [5.41, 5.74) is 0. The van der Waals surface area contributed by atoms with Gasteiger partial charge in [-0.15, -0.1) is 0 Å². The topological polar surface area (TPSA) is 27.7 Å². The van der Waals surface area contributed by atoms with Gasteiger partial charge in [0.2, 0.25) is 0 Å². The van der Waals surface area contributed by atoms with Crippen LogP contribution < -0.4 is 5.32 Å². The molecule has 4 heteroatoms. The van der Waals surface area contributed by atoms with Crippen molar-refractivity contribution in [2.75, 3.05) is 59.5 Å². The van der Waals surface area contributed by atoms with Crippen LogP contribution in [-0.2, 0) is 4.74 Å². The molecule has 0 aliphatic carbocycles. The van der Waals surface area contributed by atoms with Crippen LogP contribution >= 0.6 is 0 Å². The molecule has 0 amide bonds. The quantitative estimate of drug-likeness (QED) is 0.688. The minimum atomic E-state index is 0.484. The standard InChI is InChI=1S/C11H23N3O/c1-13-5-2-11(10-13)15-9-8-14-6-3-12-4-7-14/h11-12H,2-10H2,1H3. The highest BCUT2D eigenvalue weighted by molar-refractivity contribution is 4.73. The van der Waals surface area contributed by atoms with E-state index in [0.717, 1.165) is 32.8 Å². The fourth-order valence-electron chi connectivity index (χ4n) is 2.31. The van der Waals surface area contributed by atoms with Crippen LogP contribution in [0.25, 0.3) is 0 Å². The average molecular weight is 213 g/mol. The van der Waals surface area contributed by atoms with Crippen molar-refractivity contribution in [3.05, 3.63) is 0 Å². The van der Waals surface area contributed by atoms with Crippen molar-refractivity contribution in [1.29, 1.82) is 0 Å². The van der Waals surface area contributed by atoms with Gasteiger partial charge >= 0.3 is 0 Å². The van der Waals surface area contributed by atoms with Gasteiger partial charge in [0.1, 0.15) is 0 Å². The first-order valence-corrected chi connectivity index (χ1v) is 6.08. The second-order valence-corrected chi connectivity index (χ2v) is 4.64. The van der Waals surface area contributed by atoms with Crippen molar-refractivity contribution < 1.29 is 4.74 Å². The van der Waals surface area contributed by atoms with Gasteiger partial charge in [-0.1, -0.05) is 0 Å². The SMILES string of the molecule is CN1CCC(OCCN2CCNCC2)C1. The fraction of sp³-hybridized carbons (Fsp3) is 1.00. The molecular weight excluding hydrogens is 190 g/mol. The third-order valence-electron chi connectivity index (χ3n) is 3.32. The smallest absolute Gasteiger partial charge is 0.0714 e. The second-order valence-electron chi connectivity index (χ2n) is 4.64. The van der Waals surface area contributed by atoms with Crippen molar-refractivity contribution in [2.45, 2.75) is 12.5 Å². The zero-order chi connectivity index (χ0) is 10.5. The minimum Gasteiger partial charge on any atom is -0.376 e. The zero-order valence-electron chi connectivity index (χ0n) is 9.74. The maximum atomic E-state index is 5.87. The Hall–Kier alpha value is -0.160. The van der Waals surface area contributed by atoms with Gasteiger partial charge in [-0.25, -0.2) is 0 Å². The van der Waals surface area contributed by atoms with Crippen molar-refractivity contribution >= 4 is 0 Å². The van der Waals surface area contributed by atoms with Gasteiger partial charge in [0.15, 0.2) is 0 Å². The first-order valence-electron chi connectivity index (χ1n) is 6.08. The predicted octanol–water partition coefficient (Wildman–Crippen LogP) is -0.388. The number of ether oxygens (including phenoxy) is 1. The molecule has 0 aromatic rings. The first-order chi connectivity index (χ1) is 7.34. The molecule has 0 aromatic carbocycles. The zero-order valence-corrected chi connectivity index (χ0v) is 9.74. The molecule has 88 valence electrons. The van der Waals surface area contributed by atoms with Crippen LogP contribution in [0.4, 0.5) is 0 Å². The summed E-state index contributed by atoms with van der Waals surface area (Å²) in [6.45, 7) is 8.92. The number of piperazine rings is 1. The van der Waals surface area contributed by atoms with E-state index in [9.17, 15) is 0 Å². The molecule has 2 rings (SSSR count). The Morgan fingerprint density at radius 3 is 2.73 bits per heavy atom. The Morgan fingerprint density at radius 1 is 1.27 bits per heavy atom. The maximum Gasteiger partial charge on any atom is 0.0714 e. The van der Waals surface area contributed by atoms with Crippen LogP contribution in [-0.4, -0.2) is 75.4 Å². The largest absolute Gasteiger partial charge is 0.376 e. The summed E-state index contributed by atoms with van der Waals surface area (Å²) < 4.78 is 5.87. The lowest BCUT2D eigenvalue weighted by molar-refractivity contribution is 0.0422. The van der Waals surface area contributed by atoms with Crippen LogP contribution in [0.15, 0.2) is 0 Å². The molecule has 2 aliphatic rings. The van der Waals surface area contributed by atoms with E-state index >= 15 is 0 Å². The summed E-state index contributed by atoms with van der Waals surface area (Å²) in [6.07, 6.45) is 1.69. The molecule has 2 saturated heterocycles. The first kappa shape index (κ1) is 11.3. The van der Waals surface area contributed by atoms with Crippen molar-refractivity contribution in [3.8, 4) is 0 Å². The molecule has 2 aliphatic heterocycles. The lowest BCUT2D eigenvalue weighted by atomic mass is 10.3. The van der Waals surface area contributed by atoms with E-state index in [-0.39, 0.29) is 0 Å². The van der Waals surface area contributed by atoms with Gasteiger partial charge in [-0.3, -0.25) is 4.90 Å². The monoisotopic (exact) mass is 213 g/mol. The number of nitrogens with zero attached hydrogens (tertiary/aromatic N) is 2. The molecule has 1 unspecified atom stereocenters. The number of hydrogen-bond donors (Lipinski definition) is 1. The normalized spacial score (nSPS) is 29.8. The fourth-order valence-corrected chi connectivity index (χ4v) is 2.31. The molecule has 0 saturated carbocycles. The molecular formula is C11H23N3O. The molecule has 4 nitrogen and oxygen atoms in total. The van der Waals surface area contributed by atoms with E-state index in [0.29, 0.717) is 6.10 Å². The molecule has 1 atom stereocenters. The summed E-state index contributed by atoms with van der Waals surface area (Å²) in [7, 11) is 2.17. The van der Waals surface area contributed by atoms with Gasteiger partial charge in [0, 0.05) is 45.8 Å². The summed E-state index contributed by atoms with van der Waals surface area (Å²) in [6, 6.07) is 0. The van der Waals surface area contributed by atoms with Crippen LogP contribution in [0.1, 0.15) is 6.42 Å². The average Bonchev–Trinajstić information content (AvgIpc) is 2.66. The molecule has 0 bridgehead atoms. The Kier molecular flexibility index (Phi) is 4.38. The molecule has 1 N–H and O–H groups in total. The molecule has 2 fully saturated rings. The molecule has 2 heterocycles. The summed E-state index contributed by atoms with van der Waals surface area (Å²) >= 11 is 0. The van der Waals surface area contributed by atoms with E-state index in [1.165, 1.54) is 26.1 Å². The molecule has 0 aromatic heterocycles. The van der Waals surface area contributed by atoms with Gasteiger partial charge < -0.3 is 15.0 Å². The Bertz CT molecular complexity index is 178. The number of likely N-dealkylation sites (tertiary alicyclic amines) is 1. The maximum absolute atomic E-state index is 5.87. The van der Waals surface area contributed by atoms with Gasteiger partial charge in [0.25, 0.3) is 0 Å². The number of nitrogens with one attached hydrogen (secondary N) is 1. The Morgan fingerprint density at radius 2 is 2.07 bits per heavy atom. The van der Waals surface area contributed by atoms with Gasteiger partial charge in [-0.2, -0.15) is 0 Å². The lowest BCUT2D eigenvalue weighted by Crippen LogP contribution is -2.44. The van der Waals surface area contributed by atoms with Crippen LogP contribution in [0.2, 0.25) is 0 Å². The van der Waals surface area contributed by atoms with E-state index < -0.39 is 0 Å². The third-order valence-corrected chi connectivity index (χ3v) is 3.32. The van der Waals surface area contributed by atoms with Crippen LogP contribution in [0.3, 0.4) is 0 Å². The molecule has 0 spiro atoms.